The van der Waals surface area contributed by atoms with E-state index in [1.165, 1.54) is 23.5 Å². The van der Waals surface area contributed by atoms with E-state index < -0.39 is 5.82 Å². The Kier molecular flexibility index (Phi) is 3.78. The zero-order chi connectivity index (χ0) is 13.3. The first kappa shape index (κ1) is 13.2. The van der Waals surface area contributed by atoms with E-state index in [1.807, 2.05) is 13.8 Å². The lowest BCUT2D eigenvalue weighted by Gasteiger charge is -2.03. The normalized spacial score (nSPS) is 10.7. The van der Waals surface area contributed by atoms with Crippen molar-refractivity contribution in [3.63, 3.8) is 0 Å². The molecule has 0 fully saturated rings. The van der Waals surface area contributed by atoms with Gasteiger partial charge >= 0.3 is 0 Å². The summed E-state index contributed by atoms with van der Waals surface area (Å²) >= 11 is 7.27. The fraction of sp³-hybridized carbons (Fsp3) is 0.231. The molecule has 1 heterocycles. The van der Waals surface area contributed by atoms with Gasteiger partial charge in [-0.2, -0.15) is 0 Å². The van der Waals surface area contributed by atoms with Crippen LogP contribution in [0.4, 0.5) is 4.39 Å². The van der Waals surface area contributed by atoms with Crippen LogP contribution in [0.5, 0.6) is 0 Å². The van der Waals surface area contributed by atoms with Gasteiger partial charge in [0.05, 0.1) is 15.6 Å². The minimum atomic E-state index is -0.402. The summed E-state index contributed by atoms with van der Waals surface area (Å²) in [5.41, 5.74) is 1.37. The summed E-state index contributed by atoms with van der Waals surface area (Å²) in [6.07, 6.45) is 0.168. The molecule has 0 unspecified atom stereocenters. The second kappa shape index (κ2) is 5.16. The van der Waals surface area contributed by atoms with Gasteiger partial charge in [0.1, 0.15) is 5.82 Å². The van der Waals surface area contributed by atoms with Gasteiger partial charge in [-0.3, -0.25) is 4.79 Å². The van der Waals surface area contributed by atoms with Crippen LogP contribution in [0.2, 0.25) is 5.02 Å². The van der Waals surface area contributed by atoms with Crippen LogP contribution >= 0.6 is 22.9 Å². The maximum atomic E-state index is 12.9. The van der Waals surface area contributed by atoms with Gasteiger partial charge in [-0.15, -0.1) is 11.3 Å². The molecule has 0 atom stereocenters. The van der Waals surface area contributed by atoms with E-state index in [0.717, 1.165) is 10.7 Å². The van der Waals surface area contributed by atoms with Crippen molar-refractivity contribution in [1.29, 1.82) is 0 Å². The monoisotopic (exact) mass is 283 g/mol. The Bertz CT molecular complexity index is 609. The third kappa shape index (κ3) is 2.76. The van der Waals surface area contributed by atoms with Crippen LogP contribution in [0.15, 0.2) is 18.2 Å². The quantitative estimate of drug-likeness (QED) is 0.798. The van der Waals surface area contributed by atoms with Gasteiger partial charge in [-0.05, 0) is 31.5 Å². The van der Waals surface area contributed by atoms with Crippen LogP contribution in [0.25, 0.3) is 0 Å². The second-order valence-corrected chi connectivity index (χ2v) is 5.59. The lowest BCUT2D eigenvalue weighted by Crippen LogP contribution is -2.03. The van der Waals surface area contributed by atoms with Crippen molar-refractivity contribution in [1.82, 2.24) is 4.98 Å². The topological polar surface area (TPSA) is 30.0 Å². The number of hydrogen-bond donors (Lipinski definition) is 0. The number of Topliss-reactive ketones (excluding diaryl/α,β-unsaturated/α-hetero) is 1. The smallest absolute Gasteiger partial charge is 0.179 e. The number of aryl methyl sites for hydroxylation is 2. The molecule has 0 N–H and O–H groups in total. The van der Waals surface area contributed by atoms with Crippen molar-refractivity contribution < 1.29 is 9.18 Å². The molecule has 94 valence electrons. The molecule has 2 nitrogen and oxygen atoms in total. The van der Waals surface area contributed by atoms with Crippen LogP contribution in [-0.4, -0.2) is 10.8 Å². The predicted octanol–water partition coefficient (Wildman–Crippen LogP) is 3.98. The number of benzene rings is 1. The molecule has 0 saturated carbocycles. The molecule has 2 rings (SSSR count). The highest BCUT2D eigenvalue weighted by Gasteiger charge is 2.15. The van der Waals surface area contributed by atoms with E-state index in [1.54, 1.807) is 6.07 Å². The van der Waals surface area contributed by atoms with Gasteiger partial charge in [-0.1, -0.05) is 17.7 Å². The minimum absolute atomic E-state index is 0.0355. The highest BCUT2D eigenvalue weighted by atomic mass is 35.5. The van der Waals surface area contributed by atoms with Crippen molar-refractivity contribution in [2.45, 2.75) is 20.3 Å². The molecule has 0 spiro atoms. The van der Waals surface area contributed by atoms with Crippen molar-refractivity contribution in [3.8, 4) is 0 Å². The molecule has 0 aliphatic carbocycles. The molecule has 0 aliphatic heterocycles. The molecular weight excluding hydrogens is 273 g/mol. The van der Waals surface area contributed by atoms with Crippen LogP contribution in [-0.2, 0) is 6.42 Å². The number of hydrogen-bond acceptors (Lipinski definition) is 3. The third-order valence-electron chi connectivity index (χ3n) is 2.52. The predicted molar refractivity (Wildman–Crippen MR) is 71.0 cm³/mol. The maximum absolute atomic E-state index is 12.9. The summed E-state index contributed by atoms with van der Waals surface area (Å²) in [5.74, 6) is -0.437. The number of rotatable bonds is 3. The van der Waals surface area contributed by atoms with Crippen LogP contribution < -0.4 is 0 Å². The first-order chi connectivity index (χ1) is 8.47. The van der Waals surface area contributed by atoms with Crippen LogP contribution in [0, 0.1) is 19.7 Å². The number of ketones is 1. The van der Waals surface area contributed by atoms with Gasteiger partial charge in [0.25, 0.3) is 0 Å². The number of thiazole rings is 1. The molecule has 2 aromatic rings. The van der Waals surface area contributed by atoms with E-state index in [4.69, 9.17) is 11.6 Å². The fourth-order valence-electron chi connectivity index (χ4n) is 1.71. The lowest BCUT2D eigenvalue weighted by molar-refractivity contribution is 0.0996. The molecule has 0 saturated heterocycles. The largest absolute Gasteiger partial charge is 0.293 e. The molecule has 1 aromatic heterocycles. The lowest BCUT2D eigenvalue weighted by atomic mass is 10.1. The first-order valence-electron chi connectivity index (χ1n) is 5.38. The van der Waals surface area contributed by atoms with Gasteiger partial charge in [-0.25, -0.2) is 9.37 Å². The summed E-state index contributed by atoms with van der Waals surface area (Å²) in [6, 6.07) is 4.06. The Labute approximate surface area is 113 Å². The average Bonchev–Trinajstić information content (AvgIpc) is 2.62. The van der Waals surface area contributed by atoms with E-state index in [2.05, 4.69) is 4.98 Å². The Balaban J connectivity index is 2.24. The Morgan fingerprint density at radius 3 is 2.72 bits per heavy atom. The van der Waals surface area contributed by atoms with Gasteiger partial charge in [0.15, 0.2) is 5.78 Å². The minimum Gasteiger partial charge on any atom is -0.293 e. The zero-order valence-electron chi connectivity index (χ0n) is 9.96. The molecule has 1 aromatic carbocycles. The van der Waals surface area contributed by atoms with Crippen molar-refractivity contribution in [2.75, 3.05) is 0 Å². The number of nitrogens with zero attached hydrogens (tertiary/aromatic N) is 1. The summed E-state index contributed by atoms with van der Waals surface area (Å²) in [7, 11) is 0. The summed E-state index contributed by atoms with van der Waals surface area (Å²) in [6.45, 7) is 3.67. The number of aromatic nitrogens is 1. The fourth-order valence-corrected chi connectivity index (χ4v) is 2.80. The molecule has 0 aliphatic rings. The molecule has 5 heteroatoms. The summed E-state index contributed by atoms with van der Waals surface area (Å²) in [5, 5.41) is 1.14. The summed E-state index contributed by atoms with van der Waals surface area (Å²) in [4.78, 5) is 17.0. The molecule has 0 bridgehead atoms. The second-order valence-electron chi connectivity index (χ2n) is 3.98. The van der Waals surface area contributed by atoms with Crippen LogP contribution in [0.1, 0.15) is 25.9 Å². The van der Waals surface area contributed by atoms with Gasteiger partial charge < -0.3 is 0 Å². The van der Waals surface area contributed by atoms with E-state index in [9.17, 15) is 9.18 Å². The highest BCUT2D eigenvalue weighted by Crippen LogP contribution is 2.23. The van der Waals surface area contributed by atoms with Crippen molar-refractivity contribution >= 4 is 28.7 Å². The number of carbonyl (C=O) groups excluding carboxylic acids is 1. The molecular formula is C13H11ClFNOS. The first-order valence-corrected chi connectivity index (χ1v) is 6.58. The molecule has 0 amide bonds. The van der Waals surface area contributed by atoms with Crippen molar-refractivity contribution in [2.24, 2.45) is 0 Å². The molecule has 18 heavy (non-hydrogen) atoms. The Morgan fingerprint density at radius 1 is 1.44 bits per heavy atom. The van der Waals surface area contributed by atoms with E-state index in [-0.39, 0.29) is 17.2 Å². The Morgan fingerprint density at radius 2 is 2.17 bits per heavy atom. The number of carbonyl (C=O) groups is 1. The van der Waals surface area contributed by atoms with Crippen molar-refractivity contribution in [3.05, 3.63) is 50.2 Å². The Hall–Kier alpha value is -1.26. The maximum Gasteiger partial charge on any atom is 0.179 e. The highest BCUT2D eigenvalue weighted by molar-refractivity contribution is 7.13. The summed E-state index contributed by atoms with van der Waals surface area (Å²) < 4.78 is 12.9. The van der Waals surface area contributed by atoms with E-state index in [0.29, 0.717) is 10.4 Å². The zero-order valence-corrected chi connectivity index (χ0v) is 11.5. The van der Waals surface area contributed by atoms with Crippen LogP contribution in [0.3, 0.4) is 0 Å². The SMILES string of the molecule is Cc1nc(C)c(C(=O)Cc2ccc(F)cc2Cl)s1. The average molecular weight is 284 g/mol. The van der Waals surface area contributed by atoms with Gasteiger partial charge in [0.2, 0.25) is 0 Å². The van der Waals surface area contributed by atoms with E-state index >= 15 is 0 Å². The standard InChI is InChI=1S/C13H11ClFNOS/c1-7-13(18-8(2)16-7)12(17)5-9-3-4-10(15)6-11(9)14/h3-4,6H,5H2,1-2H3. The molecule has 0 radical (unpaired) electrons. The number of halogens is 2. The van der Waals surface area contributed by atoms with Gasteiger partial charge in [0, 0.05) is 11.4 Å². The third-order valence-corrected chi connectivity index (χ3v) is 3.99.